The summed E-state index contributed by atoms with van der Waals surface area (Å²) in [5.74, 6) is -0.391. The van der Waals surface area contributed by atoms with Gasteiger partial charge in [0.05, 0.1) is 10.6 Å². The van der Waals surface area contributed by atoms with E-state index in [9.17, 15) is 13.2 Å². The molecule has 0 fully saturated rings. The Morgan fingerprint density at radius 3 is 2.29 bits per heavy atom. The summed E-state index contributed by atoms with van der Waals surface area (Å²) < 4.78 is 28.5. The number of amides is 1. The molecule has 5 rings (SSSR count). The highest BCUT2D eigenvalue weighted by Gasteiger charge is 2.28. The van der Waals surface area contributed by atoms with Crippen LogP contribution in [0.25, 0.3) is 10.8 Å². The van der Waals surface area contributed by atoms with Gasteiger partial charge in [-0.3, -0.25) is 9.10 Å². The zero-order valence-corrected chi connectivity index (χ0v) is 20.0. The molecule has 0 aromatic heterocycles. The smallest absolute Gasteiger partial charge is 0.264 e. The molecule has 0 saturated carbocycles. The third-order valence-corrected chi connectivity index (χ3v) is 8.21. The summed E-state index contributed by atoms with van der Waals surface area (Å²) in [5, 5.41) is 5.16. The molecule has 1 amide bonds. The monoisotopic (exact) mass is 470 g/mol. The largest absolute Gasteiger partial charge is 0.324 e. The molecule has 1 N–H and O–H groups in total. The van der Waals surface area contributed by atoms with Crippen molar-refractivity contribution < 1.29 is 13.2 Å². The standard InChI is InChI=1S/C28H26N2O3S/c1-19-10-15-23(16-11-19)34(32,33)30(26-9-4-3-6-20(26)2)18-27(31)29-25-17-14-22-13-12-21-7-5-8-24(25)28(21)22/h3-11,14-17H,12-13,18H2,1-2H3,(H,29,31). The van der Waals surface area contributed by atoms with E-state index in [1.54, 1.807) is 36.4 Å². The molecule has 1 aliphatic carbocycles. The van der Waals surface area contributed by atoms with Crippen molar-refractivity contribution in [1.29, 1.82) is 0 Å². The second-order valence-corrected chi connectivity index (χ2v) is 10.6. The van der Waals surface area contributed by atoms with Crippen LogP contribution in [0.4, 0.5) is 11.4 Å². The molecule has 0 bridgehead atoms. The molecule has 172 valence electrons. The lowest BCUT2D eigenvalue weighted by Crippen LogP contribution is -2.38. The SMILES string of the molecule is Cc1ccc(S(=O)(=O)N(CC(=O)Nc2ccc3c4c(cccc24)CC3)c2ccccc2C)cc1. The van der Waals surface area contributed by atoms with Gasteiger partial charge in [0.25, 0.3) is 10.0 Å². The number of sulfonamides is 1. The summed E-state index contributed by atoms with van der Waals surface area (Å²) in [5.41, 5.74) is 5.49. The lowest BCUT2D eigenvalue weighted by atomic mass is 10.0. The molecule has 34 heavy (non-hydrogen) atoms. The highest BCUT2D eigenvalue weighted by Crippen LogP contribution is 2.35. The Labute approximate surface area is 200 Å². The minimum Gasteiger partial charge on any atom is -0.324 e. The first-order valence-corrected chi connectivity index (χ1v) is 12.8. The second-order valence-electron chi connectivity index (χ2n) is 8.77. The predicted octanol–water partition coefficient (Wildman–Crippen LogP) is 5.39. The molecule has 0 spiro atoms. The molecule has 1 aliphatic rings. The van der Waals surface area contributed by atoms with Crippen LogP contribution in [0.3, 0.4) is 0 Å². The molecule has 0 radical (unpaired) electrons. The third kappa shape index (κ3) is 3.94. The lowest BCUT2D eigenvalue weighted by molar-refractivity contribution is -0.114. The Bertz CT molecular complexity index is 1500. The van der Waals surface area contributed by atoms with E-state index in [4.69, 9.17) is 0 Å². The number of nitrogens with one attached hydrogen (secondary N) is 1. The van der Waals surface area contributed by atoms with Crippen molar-refractivity contribution in [2.24, 2.45) is 0 Å². The third-order valence-electron chi connectivity index (χ3n) is 6.43. The molecule has 4 aromatic rings. The first kappa shape index (κ1) is 22.2. The average Bonchev–Trinajstić information content (AvgIpc) is 3.25. The van der Waals surface area contributed by atoms with Gasteiger partial charge in [-0.1, -0.05) is 60.2 Å². The van der Waals surface area contributed by atoms with Gasteiger partial charge in [-0.2, -0.15) is 0 Å². The Balaban J connectivity index is 1.50. The van der Waals surface area contributed by atoms with Crippen LogP contribution in [-0.4, -0.2) is 20.9 Å². The van der Waals surface area contributed by atoms with Crippen LogP contribution < -0.4 is 9.62 Å². The van der Waals surface area contributed by atoms with E-state index in [0.29, 0.717) is 11.4 Å². The molecule has 0 heterocycles. The zero-order valence-electron chi connectivity index (χ0n) is 19.2. The van der Waals surface area contributed by atoms with Crippen LogP contribution >= 0.6 is 0 Å². The molecule has 0 atom stereocenters. The average molecular weight is 471 g/mol. The van der Waals surface area contributed by atoms with Crippen molar-refractivity contribution in [2.45, 2.75) is 31.6 Å². The van der Waals surface area contributed by atoms with E-state index in [1.807, 2.05) is 44.2 Å². The van der Waals surface area contributed by atoms with Gasteiger partial charge >= 0.3 is 0 Å². The van der Waals surface area contributed by atoms with Crippen LogP contribution in [0, 0.1) is 13.8 Å². The van der Waals surface area contributed by atoms with Gasteiger partial charge in [0.1, 0.15) is 6.54 Å². The van der Waals surface area contributed by atoms with Gasteiger partial charge in [0, 0.05) is 11.1 Å². The quantitative estimate of drug-likeness (QED) is 0.411. The fourth-order valence-electron chi connectivity index (χ4n) is 4.66. The number of aryl methyl sites for hydroxylation is 4. The fraction of sp³-hybridized carbons (Fsp3) is 0.179. The van der Waals surface area contributed by atoms with Crippen LogP contribution in [0.15, 0.2) is 83.8 Å². The van der Waals surface area contributed by atoms with E-state index in [-0.39, 0.29) is 11.4 Å². The number of rotatable bonds is 6. The number of hydrogen-bond donors (Lipinski definition) is 1. The number of benzene rings is 4. The fourth-order valence-corrected chi connectivity index (χ4v) is 6.14. The number of nitrogens with zero attached hydrogens (tertiary/aromatic N) is 1. The van der Waals surface area contributed by atoms with Gasteiger partial charge in [-0.25, -0.2) is 8.42 Å². The molecule has 5 nitrogen and oxygen atoms in total. The van der Waals surface area contributed by atoms with Crippen molar-refractivity contribution >= 4 is 38.1 Å². The van der Waals surface area contributed by atoms with Crippen molar-refractivity contribution in [1.82, 2.24) is 0 Å². The minimum absolute atomic E-state index is 0.152. The van der Waals surface area contributed by atoms with E-state index >= 15 is 0 Å². The molecule has 4 aromatic carbocycles. The van der Waals surface area contributed by atoms with Crippen molar-refractivity contribution in [3.8, 4) is 0 Å². The molecule has 0 aliphatic heterocycles. The minimum atomic E-state index is -3.95. The molecular weight excluding hydrogens is 444 g/mol. The van der Waals surface area contributed by atoms with Gasteiger partial charge in [-0.05, 0) is 73.0 Å². The number of hydrogen-bond acceptors (Lipinski definition) is 3. The maximum atomic E-state index is 13.6. The van der Waals surface area contributed by atoms with E-state index in [2.05, 4.69) is 17.4 Å². The van der Waals surface area contributed by atoms with E-state index < -0.39 is 15.9 Å². The van der Waals surface area contributed by atoms with Gasteiger partial charge < -0.3 is 5.32 Å². The molecular formula is C28H26N2O3S. The number of anilines is 2. The van der Waals surface area contributed by atoms with E-state index in [0.717, 1.165) is 29.4 Å². The van der Waals surface area contributed by atoms with Crippen molar-refractivity contribution in [3.63, 3.8) is 0 Å². The maximum absolute atomic E-state index is 13.6. The second kappa shape index (κ2) is 8.61. The highest BCUT2D eigenvalue weighted by atomic mass is 32.2. The first-order chi connectivity index (χ1) is 16.3. The van der Waals surface area contributed by atoms with Crippen molar-refractivity contribution in [3.05, 3.63) is 101 Å². The van der Waals surface area contributed by atoms with Crippen LogP contribution in [-0.2, 0) is 27.7 Å². The van der Waals surface area contributed by atoms with Crippen LogP contribution in [0.2, 0.25) is 0 Å². The van der Waals surface area contributed by atoms with Crippen molar-refractivity contribution in [2.75, 3.05) is 16.2 Å². The first-order valence-electron chi connectivity index (χ1n) is 11.3. The summed E-state index contributed by atoms with van der Waals surface area (Å²) in [6.45, 7) is 3.42. The van der Waals surface area contributed by atoms with E-state index in [1.165, 1.54) is 20.8 Å². The van der Waals surface area contributed by atoms with Crippen LogP contribution in [0.5, 0.6) is 0 Å². The van der Waals surface area contributed by atoms with Crippen LogP contribution in [0.1, 0.15) is 22.3 Å². The highest BCUT2D eigenvalue weighted by molar-refractivity contribution is 7.92. The summed E-state index contributed by atoms with van der Waals surface area (Å²) in [6.07, 6.45) is 2.00. The number of carbonyl (C=O) groups excluding carboxylic acids is 1. The van der Waals surface area contributed by atoms with Gasteiger partial charge in [0.15, 0.2) is 0 Å². The lowest BCUT2D eigenvalue weighted by Gasteiger charge is -2.26. The Kier molecular flexibility index (Phi) is 5.62. The molecule has 0 saturated heterocycles. The summed E-state index contributed by atoms with van der Waals surface area (Å²) >= 11 is 0. The summed E-state index contributed by atoms with van der Waals surface area (Å²) in [7, 11) is -3.95. The summed E-state index contributed by atoms with van der Waals surface area (Å²) in [4.78, 5) is 13.4. The maximum Gasteiger partial charge on any atom is 0.264 e. The summed E-state index contributed by atoms with van der Waals surface area (Å²) in [6, 6.07) is 24.0. The molecule has 6 heteroatoms. The Morgan fingerprint density at radius 2 is 1.56 bits per heavy atom. The topological polar surface area (TPSA) is 66.5 Å². The normalized spacial score (nSPS) is 12.6. The predicted molar refractivity (Wildman–Crippen MR) is 137 cm³/mol. The Hall–Kier alpha value is -3.64. The number of para-hydroxylation sites is 1. The van der Waals surface area contributed by atoms with Gasteiger partial charge in [0.2, 0.25) is 5.91 Å². The molecule has 0 unspecified atom stereocenters. The van der Waals surface area contributed by atoms with Gasteiger partial charge in [-0.15, -0.1) is 0 Å². The zero-order chi connectivity index (χ0) is 23.9. The number of carbonyl (C=O) groups is 1. The Morgan fingerprint density at radius 1 is 0.853 bits per heavy atom.